The fraction of sp³-hybridized carbons (Fsp3) is 0.950. The summed E-state index contributed by atoms with van der Waals surface area (Å²) in [6.45, 7) is 2.86. The van der Waals surface area contributed by atoms with Gasteiger partial charge in [-0.3, -0.25) is 0 Å². The van der Waals surface area contributed by atoms with Crippen molar-refractivity contribution in [2.75, 3.05) is 26.7 Å². The van der Waals surface area contributed by atoms with Gasteiger partial charge in [-0.2, -0.15) is 0 Å². The first-order valence-corrected chi connectivity index (χ1v) is 10.2. The molecule has 0 radical (unpaired) electrons. The largest absolute Gasteiger partial charge is 0.458 e. The summed E-state index contributed by atoms with van der Waals surface area (Å²) < 4.78 is 6.80. The zero-order valence-electron chi connectivity index (χ0n) is 15.4. The van der Waals surface area contributed by atoms with E-state index in [-0.39, 0.29) is 12.1 Å². The molecule has 0 spiro atoms. The van der Waals surface area contributed by atoms with E-state index in [1.165, 1.54) is 77.0 Å². The summed E-state index contributed by atoms with van der Waals surface area (Å²) in [6.07, 6.45) is 18.1. The summed E-state index contributed by atoms with van der Waals surface area (Å²) in [5, 5.41) is 0. The molecule has 3 heteroatoms. The molecule has 2 fully saturated rings. The van der Waals surface area contributed by atoms with Gasteiger partial charge in [-0.15, -0.1) is 0 Å². The van der Waals surface area contributed by atoms with Gasteiger partial charge in [0.1, 0.15) is 6.10 Å². The van der Waals surface area contributed by atoms with E-state index in [4.69, 9.17) is 4.74 Å². The molecule has 0 aromatic carbocycles. The highest BCUT2D eigenvalue weighted by Crippen LogP contribution is 2.20. The molecule has 0 atom stereocenters. The van der Waals surface area contributed by atoms with E-state index < -0.39 is 0 Å². The van der Waals surface area contributed by atoms with Crippen molar-refractivity contribution in [3.05, 3.63) is 0 Å². The van der Waals surface area contributed by atoms with Gasteiger partial charge in [0, 0.05) is 0 Å². The molecule has 1 saturated heterocycles. The van der Waals surface area contributed by atoms with Crippen LogP contribution in [0.5, 0.6) is 0 Å². The molecular formula is C20H38NO2+. The topological polar surface area (TPSA) is 26.3 Å². The van der Waals surface area contributed by atoms with Gasteiger partial charge in [0.25, 0.3) is 0 Å². The number of esters is 1. The summed E-state index contributed by atoms with van der Waals surface area (Å²) in [5.74, 6) is 0.0477. The van der Waals surface area contributed by atoms with Crippen LogP contribution in [0.2, 0.25) is 0 Å². The fourth-order valence-electron chi connectivity index (χ4n) is 4.21. The van der Waals surface area contributed by atoms with Crippen LogP contribution >= 0.6 is 0 Å². The van der Waals surface area contributed by atoms with Gasteiger partial charge in [0.05, 0.1) is 20.1 Å². The number of rotatable bonds is 3. The molecule has 0 N–H and O–H groups in total. The van der Waals surface area contributed by atoms with Gasteiger partial charge in [0.15, 0.2) is 6.54 Å². The Kier molecular flexibility index (Phi) is 8.43. The fourth-order valence-corrected chi connectivity index (χ4v) is 4.21. The summed E-state index contributed by atoms with van der Waals surface area (Å²) in [5.41, 5.74) is 0. The van der Waals surface area contributed by atoms with Crippen LogP contribution in [0.25, 0.3) is 0 Å². The molecule has 1 aliphatic heterocycles. The number of carbonyl (C=O) groups is 1. The Bertz CT molecular complexity index is 325. The van der Waals surface area contributed by atoms with Crippen molar-refractivity contribution in [2.45, 2.75) is 96.0 Å². The van der Waals surface area contributed by atoms with Gasteiger partial charge >= 0.3 is 5.97 Å². The normalized spacial score (nSPS) is 25.1. The van der Waals surface area contributed by atoms with Crippen LogP contribution < -0.4 is 0 Å². The SMILES string of the molecule is C[N+]1(CC(=O)OC2CCCCCCCCCCC2)CCCCC1. The van der Waals surface area contributed by atoms with Crippen molar-refractivity contribution in [1.29, 1.82) is 0 Å². The number of hydrogen-bond acceptors (Lipinski definition) is 2. The van der Waals surface area contributed by atoms with Gasteiger partial charge in [-0.1, -0.05) is 44.9 Å². The maximum absolute atomic E-state index is 12.4. The van der Waals surface area contributed by atoms with Crippen molar-refractivity contribution in [3.8, 4) is 0 Å². The van der Waals surface area contributed by atoms with Crippen molar-refractivity contribution in [1.82, 2.24) is 0 Å². The van der Waals surface area contributed by atoms with Gasteiger partial charge in [0.2, 0.25) is 0 Å². The maximum atomic E-state index is 12.4. The number of quaternary nitrogens is 1. The Morgan fingerprint density at radius 3 is 1.74 bits per heavy atom. The van der Waals surface area contributed by atoms with Crippen molar-refractivity contribution >= 4 is 5.97 Å². The van der Waals surface area contributed by atoms with Gasteiger partial charge in [-0.25, -0.2) is 4.79 Å². The summed E-state index contributed by atoms with van der Waals surface area (Å²) in [7, 11) is 2.22. The molecule has 0 bridgehead atoms. The van der Waals surface area contributed by atoms with E-state index in [0.717, 1.165) is 30.4 Å². The highest BCUT2D eigenvalue weighted by Gasteiger charge is 2.29. The number of piperidine rings is 1. The average molecular weight is 325 g/mol. The molecule has 1 saturated carbocycles. The third kappa shape index (κ3) is 7.69. The lowest BCUT2D eigenvalue weighted by atomic mass is 9.99. The minimum absolute atomic E-state index is 0.0477. The number of carbonyl (C=O) groups excluding carboxylic acids is 1. The van der Waals surface area contributed by atoms with Crippen molar-refractivity contribution in [2.24, 2.45) is 0 Å². The quantitative estimate of drug-likeness (QED) is 0.549. The lowest BCUT2D eigenvalue weighted by Gasteiger charge is -2.37. The number of ether oxygens (including phenoxy) is 1. The van der Waals surface area contributed by atoms with Gasteiger partial charge in [-0.05, 0) is 44.9 Å². The predicted molar refractivity (Wildman–Crippen MR) is 95.3 cm³/mol. The Morgan fingerprint density at radius 1 is 0.783 bits per heavy atom. The van der Waals surface area contributed by atoms with E-state index >= 15 is 0 Å². The lowest BCUT2D eigenvalue weighted by Crippen LogP contribution is -2.51. The van der Waals surface area contributed by atoms with E-state index in [1.54, 1.807) is 0 Å². The van der Waals surface area contributed by atoms with E-state index in [2.05, 4.69) is 7.05 Å². The van der Waals surface area contributed by atoms with Crippen molar-refractivity contribution in [3.63, 3.8) is 0 Å². The van der Waals surface area contributed by atoms with Crippen LogP contribution in [-0.4, -0.2) is 43.2 Å². The molecule has 0 unspecified atom stereocenters. The average Bonchev–Trinajstić information content (AvgIpc) is 2.50. The zero-order chi connectivity index (χ0) is 16.4. The molecule has 3 nitrogen and oxygen atoms in total. The summed E-state index contributed by atoms with van der Waals surface area (Å²) >= 11 is 0. The second kappa shape index (κ2) is 10.3. The highest BCUT2D eigenvalue weighted by molar-refractivity contribution is 5.70. The third-order valence-corrected chi connectivity index (χ3v) is 5.76. The molecule has 0 aromatic rings. The van der Waals surface area contributed by atoms with E-state index in [9.17, 15) is 4.79 Å². The summed E-state index contributed by atoms with van der Waals surface area (Å²) in [6, 6.07) is 0. The Labute approximate surface area is 143 Å². The molecule has 0 amide bonds. The monoisotopic (exact) mass is 324 g/mol. The minimum atomic E-state index is 0.0477. The molecule has 0 aromatic heterocycles. The second-order valence-electron chi connectivity index (χ2n) is 8.16. The first-order chi connectivity index (χ1) is 11.2. The lowest BCUT2D eigenvalue weighted by molar-refractivity contribution is -0.907. The summed E-state index contributed by atoms with van der Waals surface area (Å²) in [4.78, 5) is 12.4. The Hall–Kier alpha value is -0.570. The standard InChI is InChI=1S/C20H38NO2/c1-21(16-12-9-13-17-21)18-20(22)23-19-14-10-7-5-3-2-4-6-8-11-15-19/h19H,2-18H2,1H3/q+1. The van der Waals surface area contributed by atoms with Crippen LogP contribution in [0.15, 0.2) is 0 Å². The Morgan fingerprint density at radius 2 is 1.22 bits per heavy atom. The van der Waals surface area contributed by atoms with Crippen LogP contribution in [0.3, 0.4) is 0 Å². The highest BCUT2D eigenvalue weighted by atomic mass is 16.5. The Balaban J connectivity index is 1.76. The van der Waals surface area contributed by atoms with Crippen LogP contribution in [-0.2, 0) is 9.53 Å². The van der Waals surface area contributed by atoms with Crippen molar-refractivity contribution < 1.29 is 14.0 Å². The minimum Gasteiger partial charge on any atom is -0.458 e. The van der Waals surface area contributed by atoms with Gasteiger partial charge < -0.3 is 9.22 Å². The third-order valence-electron chi connectivity index (χ3n) is 5.76. The van der Waals surface area contributed by atoms with Crippen LogP contribution in [0, 0.1) is 0 Å². The first-order valence-electron chi connectivity index (χ1n) is 10.2. The number of hydrogen-bond donors (Lipinski definition) is 0. The number of likely N-dealkylation sites (tertiary alicyclic amines) is 1. The molecule has 1 aliphatic carbocycles. The smallest absolute Gasteiger partial charge is 0.362 e. The van der Waals surface area contributed by atoms with E-state index in [0.29, 0.717) is 6.54 Å². The zero-order valence-corrected chi connectivity index (χ0v) is 15.4. The first kappa shape index (κ1) is 18.8. The second-order valence-corrected chi connectivity index (χ2v) is 8.16. The number of nitrogens with zero attached hydrogens (tertiary/aromatic N) is 1. The molecule has 2 aliphatic rings. The molecule has 1 heterocycles. The molecule has 23 heavy (non-hydrogen) atoms. The van der Waals surface area contributed by atoms with Crippen LogP contribution in [0.1, 0.15) is 89.9 Å². The molecular weight excluding hydrogens is 286 g/mol. The number of likely N-dealkylation sites (N-methyl/N-ethyl adjacent to an activating group) is 1. The maximum Gasteiger partial charge on any atom is 0.362 e. The van der Waals surface area contributed by atoms with Crippen LogP contribution in [0.4, 0.5) is 0 Å². The van der Waals surface area contributed by atoms with E-state index in [1.807, 2.05) is 0 Å². The molecule has 134 valence electrons. The predicted octanol–water partition coefficient (Wildman–Crippen LogP) is 4.83. The molecule has 2 rings (SSSR count).